The van der Waals surface area contributed by atoms with Crippen molar-refractivity contribution in [3.8, 4) is 0 Å². The molecule has 0 atom stereocenters. The third-order valence-corrected chi connectivity index (χ3v) is 3.31. The summed E-state index contributed by atoms with van der Waals surface area (Å²) in [6.07, 6.45) is 1.68. The molecule has 108 valence electrons. The van der Waals surface area contributed by atoms with Gasteiger partial charge in [0.25, 0.3) is 5.69 Å². The topological polar surface area (TPSA) is 55.5 Å². The number of hydrogen-bond donors (Lipinski definition) is 0. The number of nitro groups is 1. The van der Waals surface area contributed by atoms with Gasteiger partial charge in [-0.05, 0) is 29.5 Å². The average Bonchev–Trinajstić information content (AvgIpc) is 2.46. The normalized spacial score (nSPS) is 11.2. The zero-order valence-electron chi connectivity index (χ0n) is 12.4. The van der Waals surface area contributed by atoms with Crippen molar-refractivity contribution >= 4 is 17.6 Å². The molecule has 0 saturated heterocycles. The van der Waals surface area contributed by atoms with Crippen molar-refractivity contribution in [2.45, 2.75) is 26.7 Å². The van der Waals surface area contributed by atoms with Crippen LogP contribution in [0.4, 0.5) is 11.4 Å². The smallest absolute Gasteiger partial charge is 0.258 e. The second-order valence-electron chi connectivity index (χ2n) is 5.28. The van der Waals surface area contributed by atoms with Crippen LogP contribution in [0.25, 0.3) is 0 Å². The van der Waals surface area contributed by atoms with Crippen LogP contribution < -0.4 is 0 Å². The molecule has 21 heavy (non-hydrogen) atoms. The van der Waals surface area contributed by atoms with E-state index in [0.717, 1.165) is 16.8 Å². The second kappa shape index (κ2) is 6.31. The van der Waals surface area contributed by atoms with E-state index >= 15 is 0 Å². The van der Waals surface area contributed by atoms with Crippen molar-refractivity contribution in [3.63, 3.8) is 0 Å². The lowest BCUT2D eigenvalue weighted by atomic mass is 9.98. The minimum Gasteiger partial charge on any atom is -0.258 e. The average molecular weight is 282 g/mol. The van der Waals surface area contributed by atoms with Crippen LogP contribution in [0.2, 0.25) is 0 Å². The summed E-state index contributed by atoms with van der Waals surface area (Å²) in [6, 6.07) is 12.6. The molecule has 0 bridgehead atoms. The first-order valence-electron chi connectivity index (χ1n) is 6.87. The number of rotatable bonds is 4. The van der Waals surface area contributed by atoms with E-state index in [0.29, 0.717) is 5.92 Å². The number of nitro benzene ring substituents is 1. The number of para-hydroxylation sites is 1. The first-order chi connectivity index (χ1) is 9.99. The third kappa shape index (κ3) is 3.54. The summed E-state index contributed by atoms with van der Waals surface area (Å²) in [6.45, 7) is 6.27. The summed E-state index contributed by atoms with van der Waals surface area (Å²) in [5.41, 5.74) is 4.02. The summed E-state index contributed by atoms with van der Waals surface area (Å²) < 4.78 is 0. The Morgan fingerprint density at radius 3 is 2.57 bits per heavy atom. The Morgan fingerprint density at radius 2 is 1.90 bits per heavy atom. The van der Waals surface area contributed by atoms with Gasteiger partial charge in [-0.15, -0.1) is 0 Å². The van der Waals surface area contributed by atoms with Crippen LogP contribution in [-0.2, 0) is 0 Å². The lowest BCUT2D eigenvalue weighted by Crippen LogP contribution is -1.92. The van der Waals surface area contributed by atoms with E-state index in [1.165, 1.54) is 17.7 Å². The van der Waals surface area contributed by atoms with Gasteiger partial charge < -0.3 is 0 Å². The highest BCUT2D eigenvalue weighted by molar-refractivity contribution is 5.83. The van der Waals surface area contributed by atoms with Gasteiger partial charge in [0.2, 0.25) is 0 Å². The molecule has 0 unspecified atom stereocenters. The van der Waals surface area contributed by atoms with Gasteiger partial charge in [-0.2, -0.15) is 0 Å². The second-order valence-corrected chi connectivity index (χ2v) is 5.28. The minimum absolute atomic E-state index is 0.0767. The van der Waals surface area contributed by atoms with Gasteiger partial charge >= 0.3 is 0 Å². The molecule has 0 fully saturated rings. The van der Waals surface area contributed by atoms with Crippen LogP contribution in [0, 0.1) is 17.0 Å². The molecule has 0 heterocycles. The predicted octanol–water partition coefficient (Wildman–Crippen LogP) is 4.78. The van der Waals surface area contributed by atoms with Crippen LogP contribution in [0.3, 0.4) is 0 Å². The van der Waals surface area contributed by atoms with E-state index in [1.54, 1.807) is 12.3 Å². The molecular formula is C17H18N2O2. The summed E-state index contributed by atoms with van der Waals surface area (Å²) in [7, 11) is 0. The number of aryl methyl sites for hydroxylation is 1. The Bertz CT molecular complexity index is 691. The molecular weight excluding hydrogens is 264 g/mol. The van der Waals surface area contributed by atoms with Crippen molar-refractivity contribution in [2.24, 2.45) is 4.99 Å². The van der Waals surface area contributed by atoms with Gasteiger partial charge in [0, 0.05) is 18.3 Å². The maximum absolute atomic E-state index is 10.8. The first kappa shape index (κ1) is 14.9. The van der Waals surface area contributed by atoms with Crippen LogP contribution in [0.5, 0.6) is 0 Å². The highest BCUT2D eigenvalue weighted by Gasteiger charge is 2.08. The minimum atomic E-state index is -0.398. The van der Waals surface area contributed by atoms with Crippen molar-refractivity contribution in [1.82, 2.24) is 0 Å². The molecule has 2 aromatic rings. The van der Waals surface area contributed by atoms with Crippen LogP contribution in [0.1, 0.15) is 36.5 Å². The van der Waals surface area contributed by atoms with Gasteiger partial charge in [0.05, 0.1) is 10.6 Å². The molecule has 0 radical (unpaired) electrons. The molecule has 0 aliphatic heterocycles. The summed E-state index contributed by atoms with van der Waals surface area (Å²) in [5.74, 6) is 0.377. The highest BCUT2D eigenvalue weighted by atomic mass is 16.6. The first-order valence-corrected chi connectivity index (χ1v) is 6.87. The van der Waals surface area contributed by atoms with Crippen molar-refractivity contribution in [1.29, 1.82) is 0 Å². The summed E-state index contributed by atoms with van der Waals surface area (Å²) in [5, 5.41) is 10.8. The third-order valence-electron chi connectivity index (χ3n) is 3.31. The number of non-ortho nitro benzene ring substituents is 1. The quantitative estimate of drug-likeness (QED) is 0.460. The molecule has 0 saturated carbocycles. The molecule has 2 rings (SSSR count). The predicted molar refractivity (Wildman–Crippen MR) is 85.6 cm³/mol. The Balaban J connectivity index is 2.38. The fraction of sp³-hybridized carbons (Fsp3) is 0.235. The van der Waals surface area contributed by atoms with E-state index in [2.05, 4.69) is 24.9 Å². The van der Waals surface area contributed by atoms with E-state index in [1.807, 2.05) is 25.1 Å². The SMILES string of the molecule is Cc1cccc(C(C)C)c1N=Cc1cccc([N+](=O)[O-])c1. The molecule has 0 aliphatic rings. The van der Waals surface area contributed by atoms with Crippen LogP contribution >= 0.6 is 0 Å². The summed E-state index contributed by atoms with van der Waals surface area (Å²) >= 11 is 0. The fourth-order valence-electron chi connectivity index (χ4n) is 2.18. The molecule has 0 spiro atoms. The van der Waals surface area contributed by atoms with E-state index in [4.69, 9.17) is 0 Å². The standard InChI is InChI=1S/C17H18N2O2/c1-12(2)16-9-4-6-13(3)17(16)18-11-14-7-5-8-15(10-14)19(20)21/h4-12H,1-3H3. The van der Waals surface area contributed by atoms with Crippen molar-refractivity contribution in [2.75, 3.05) is 0 Å². The number of aliphatic imine (C=N–C) groups is 1. The van der Waals surface area contributed by atoms with Gasteiger partial charge in [0.1, 0.15) is 0 Å². The molecule has 2 aromatic carbocycles. The molecule has 4 heteroatoms. The monoisotopic (exact) mass is 282 g/mol. The van der Waals surface area contributed by atoms with Crippen molar-refractivity contribution in [3.05, 3.63) is 69.3 Å². The molecule has 4 nitrogen and oxygen atoms in total. The van der Waals surface area contributed by atoms with Crippen molar-refractivity contribution < 1.29 is 4.92 Å². The zero-order chi connectivity index (χ0) is 15.4. The lowest BCUT2D eigenvalue weighted by Gasteiger charge is -2.11. The maximum Gasteiger partial charge on any atom is 0.270 e. The largest absolute Gasteiger partial charge is 0.270 e. The lowest BCUT2D eigenvalue weighted by molar-refractivity contribution is -0.384. The fourth-order valence-corrected chi connectivity index (χ4v) is 2.18. The van der Waals surface area contributed by atoms with Gasteiger partial charge in [-0.3, -0.25) is 15.1 Å². The van der Waals surface area contributed by atoms with Gasteiger partial charge in [0.15, 0.2) is 0 Å². The molecule has 0 amide bonds. The van der Waals surface area contributed by atoms with Crippen LogP contribution in [0.15, 0.2) is 47.5 Å². The Labute approximate surface area is 124 Å². The molecule has 0 aliphatic carbocycles. The summed E-state index contributed by atoms with van der Waals surface area (Å²) in [4.78, 5) is 14.9. The molecule has 0 aromatic heterocycles. The molecule has 0 N–H and O–H groups in total. The number of benzene rings is 2. The number of hydrogen-bond acceptors (Lipinski definition) is 3. The maximum atomic E-state index is 10.8. The Morgan fingerprint density at radius 1 is 1.19 bits per heavy atom. The van der Waals surface area contributed by atoms with E-state index in [9.17, 15) is 10.1 Å². The highest BCUT2D eigenvalue weighted by Crippen LogP contribution is 2.30. The van der Waals surface area contributed by atoms with Gasteiger partial charge in [-0.1, -0.05) is 44.2 Å². The number of nitrogens with zero attached hydrogens (tertiary/aromatic N) is 2. The zero-order valence-corrected chi connectivity index (χ0v) is 12.4. The van der Waals surface area contributed by atoms with Gasteiger partial charge in [-0.25, -0.2) is 0 Å². The van der Waals surface area contributed by atoms with E-state index in [-0.39, 0.29) is 5.69 Å². The Kier molecular flexibility index (Phi) is 4.48. The van der Waals surface area contributed by atoms with Crippen LogP contribution in [-0.4, -0.2) is 11.1 Å². The Hall–Kier alpha value is -2.49. The van der Waals surface area contributed by atoms with E-state index < -0.39 is 4.92 Å².